The van der Waals surface area contributed by atoms with Crippen LogP contribution in [0.3, 0.4) is 0 Å². The minimum Gasteiger partial charge on any atom is -0.352 e. The van der Waals surface area contributed by atoms with Crippen LogP contribution in [-0.4, -0.2) is 22.0 Å². The van der Waals surface area contributed by atoms with Crippen LogP contribution in [0.4, 0.5) is 0 Å². The smallest absolute Gasteiger partial charge is 0.228 e. The lowest BCUT2D eigenvalue weighted by atomic mass is 9.80. The molecule has 2 aromatic heterocycles. The molecular weight excluding hydrogens is 538 g/mol. The first-order valence-electron chi connectivity index (χ1n) is 16.0. The second-order valence-corrected chi connectivity index (χ2v) is 13.1. The zero-order valence-corrected chi connectivity index (χ0v) is 26.0. The number of hydrogen-bond acceptors (Lipinski definition) is 2. The number of pyridine rings is 1. The summed E-state index contributed by atoms with van der Waals surface area (Å²) in [6.45, 7) is 5.71. The van der Waals surface area contributed by atoms with Crippen molar-refractivity contribution in [1.82, 2.24) is 14.9 Å². The summed E-state index contributed by atoms with van der Waals surface area (Å²) < 4.78 is 2.48. The molecule has 1 fully saturated rings. The normalized spacial score (nSPS) is 18.5. The van der Waals surface area contributed by atoms with Crippen molar-refractivity contribution in [3.8, 4) is 0 Å². The zero-order chi connectivity index (χ0) is 29.1. The van der Waals surface area contributed by atoms with Gasteiger partial charge in [-0.1, -0.05) is 73.7 Å². The SMILES string of the molecule is Cc1cc(C)c2c3c(n(Cc4ccc(C(C(=O)NCC5=CC=C(Cl)C=CC5)C5CCCCCC5)cc4)c2n1)CCCC3. The summed E-state index contributed by atoms with van der Waals surface area (Å²) in [5, 5.41) is 5.40. The number of allylic oxidation sites excluding steroid dienone is 5. The Morgan fingerprint density at radius 1 is 1.02 bits per heavy atom. The Morgan fingerprint density at radius 3 is 2.57 bits per heavy atom. The van der Waals surface area contributed by atoms with Crippen molar-refractivity contribution in [1.29, 1.82) is 0 Å². The molecular formula is C37H44ClN3O. The predicted octanol–water partition coefficient (Wildman–Crippen LogP) is 8.76. The van der Waals surface area contributed by atoms with Gasteiger partial charge >= 0.3 is 0 Å². The molecule has 5 heteroatoms. The Kier molecular flexibility index (Phi) is 9.00. The fourth-order valence-electron chi connectivity index (χ4n) is 7.52. The first-order valence-corrected chi connectivity index (χ1v) is 16.4. The Bertz CT molecular complexity index is 1530. The number of carbonyl (C=O) groups excluding carboxylic acids is 1. The highest BCUT2D eigenvalue weighted by atomic mass is 35.5. The summed E-state index contributed by atoms with van der Waals surface area (Å²) in [5.41, 5.74) is 10.1. The first kappa shape index (κ1) is 29.0. The van der Waals surface area contributed by atoms with Crippen LogP contribution in [0.25, 0.3) is 11.0 Å². The maximum Gasteiger partial charge on any atom is 0.228 e. The standard InChI is InChI=1S/C37H44ClN3O/c1-25-22-26(2)40-36-34(25)32-14-7-8-15-33(32)41(36)24-28-16-19-30(20-17-28)35(29-11-5-3-4-6-12-29)37(42)39-23-27-10-9-13-31(38)21-18-27/h9,13,16-22,29,35H,3-8,10-12,14-15,23-24H2,1-2H3,(H,39,42). The molecule has 0 saturated heterocycles. The van der Waals surface area contributed by atoms with Crippen molar-refractivity contribution < 1.29 is 4.79 Å². The van der Waals surface area contributed by atoms with Gasteiger partial charge in [-0.05, 0) is 111 Å². The lowest BCUT2D eigenvalue weighted by Crippen LogP contribution is -2.34. The summed E-state index contributed by atoms with van der Waals surface area (Å²) in [6.07, 6.45) is 20.7. The van der Waals surface area contributed by atoms with E-state index in [1.165, 1.54) is 71.9 Å². The van der Waals surface area contributed by atoms with Gasteiger partial charge in [-0.2, -0.15) is 0 Å². The third kappa shape index (κ3) is 6.29. The van der Waals surface area contributed by atoms with E-state index in [9.17, 15) is 4.79 Å². The quantitative estimate of drug-likeness (QED) is 0.283. The van der Waals surface area contributed by atoms with Gasteiger partial charge < -0.3 is 9.88 Å². The minimum atomic E-state index is -0.120. The van der Waals surface area contributed by atoms with Crippen LogP contribution < -0.4 is 5.32 Å². The first-order chi connectivity index (χ1) is 20.5. The summed E-state index contributed by atoms with van der Waals surface area (Å²) in [5.74, 6) is 0.413. The second kappa shape index (κ2) is 13.0. The molecule has 2 heterocycles. The Morgan fingerprint density at radius 2 is 1.79 bits per heavy atom. The number of halogens is 1. The van der Waals surface area contributed by atoms with E-state index in [4.69, 9.17) is 16.6 Å². The van der Waals surface area contributed by atoms with Crippen LogP contribution >= 0.6 is 11.6 Å². The van der Waals surface area contributed by atoms with Crippen molar-refractivity contribution in [2.75, 3.05) is 6.54 Å². The van der Waals surface area contributed by atoms with Crippen molar-refractivity contribution in [3.05, 3.63) is 98.9 Å². The van der Waals surface area contributed by atoms with E-state index in [1.54, 1.807) is 0 Å². The van der Waals surface area contributed by atoms with E-state index >= 15 is 0 Å². The van der Waals surface area contributed by atoms with Crippen LogP contribution in [0.1, 0.15) is 97.3 Å². The molecule has 1 unspecified atom stereocenters. The molecule has 3 aliphatic carbocycles. The van der Waals surface area contributed by atoms with E-state index in [0.717, 1.165) is 60.6 Å². The number of aromatic nitrogens is 2. The fourth-order valence-corrected chi connectivity index (χ4v) is 7.67. The predicted molar refractivity (Wildman–Crippen MR) is 174 cm³/mol. The number of nitrogens with zero attached hydrogens (tertiary/aromatic N) is 2. The number of fused-ring (bicyclic) bond motifs is 3. The molecule has 3 aliphatic rings. The van der Waals surface area contributed by atoms with Gasteiger partial charge in [0.2, 0.25) is 5.91 Å². The van der Waals surface area contributed by atoms with Crippen LogP contribution in [0.2, 0.25) is 0 Å². The van der Waals surface area contributed by atoms with Gasteiger partial charge in [-0.15, -0.1) is 0 Å². The number of aryl methyl sites for hydroxylation is 3. The molecule has 1 N–H and O–H groups in total. The number of carbonyl (C=O) groups is 1. The van der Waals surface area contributed by atoms with E-state index < -0.39 is 0 Å². The van der Waals surface area contributed by atoms with Crippen molar-refractivity contribution in [3.63, 3.8) is 0 Å². The number of hydrogen-bond donors (Lipinski definition) is 1. The molecule has 0 aliphatic heterocycles. The van der Waals surface area contributed by atoms with Gasteiger partial charge in [-0.25, -0.2) is 4.98 Å². The molecule has 1 atom stereocenters. The molecule has 4 nitrogen and oxygen atoms in total. The average molecular weight is 582 g/mol. The van der Waals surface area contributed by atoms with Crippen molar-refractivity contribution in [2.24, 2.45) is 5.92 Å². The Balaban J connectivity index is 1.26. The van der Waals surface area contributed by atoms with Gasteiger partial charge in [-0.3, -0.25) is 4.79 Å². The number of rotatable bonds is 7. The minimum absolute atomic E-state index is 0.120. The van der Waals surface area contributed by atoms with Crippen molar-refractivity contribution >= 4 is 28.5 Å². The molecule has 220 valence electrons. The molecule has 0 spiro atoms. The van der Waals surface area contributed by atoms with Crippen molar-refractivity contribution in [2.45, 2.75) is 96.9 Å². The lowest BCUT2D eigenvalue weighted by molar-refractivity contribution is -0.123. The fraction of sp³-hybridized carbons (Fsp3) is 0.459. The molecule has 0 bridgehead atoms. The van der Waals surface area contributed by atoms with Crippen LogP contribution in [0.5, 0.6) is 0 Å². The number of amides is 1. The van der Waals surface area contributed by atoms with E-state index in [1.807, 2.05) is 18.2 Å². The highest BCUT2D eigenvalue weighted by Gasteiger charge is 2.30. The third-order valence-corrected chi connectivity index (χ3v) is 9.86. The topological polar surface area (TPSA) is 46.9 Å². The lowest BCUT2D eigenvalue weighted by Gasteiger charge is -2.26. The Hall–Kier alpha value is -3.11. The summed E-state index contributed by atoms with van der Waals surface area (Å²) in [7, 11) is 0. The van der Waals surface area contributed by atoms with Gasteiger partial charge in [0.05, 0.1) is 5.92 Å². The molecule has 1 aromatic carbocycles. The van der Waals surface area contributed by atoms with E-state index in [-0.39, 0.29) is 11.8 Å². The largest absolute Gasteiger partial charge is 0.352 e. The van der Waals surface area contributed by atoms with Gasteiger partial charge in [0.25, 0.3) is 0 Å². The molecule has 6 rings (SSSR count). The van der Waals surface area contributed by atoms with Crippen LogP contribution in [-0.2, 0) is 24.2 Å². The highest BCUT2D eigenvalue weighted by Crippen LogP contribution is 2.37. The summed E-state index contributed by atoms with van der Waals surface area (Å²) in [6, 6.07) is 11.2. The van der Waals surface area contributed by atoms with Gasteiger partial charge in [0, 0.05) is 34.9 Å². The molecule has 42 heavy (non-hydrogen) atoms. The number of nitrogens with one attached hydrogen (secondary N) is 1. The monoisotopic (exact) mass is 581 g/mol. The van der Waals surface area contributed by atoms with Crippen LogP contribution in [0.15, 0.2) is 65.2 Å². The average Bonchev–Trinajstić information content (AvgIpc) is 3.18. The zero-order valence-electron chi connectivity index (χ0n) is 25.2. The van der Waals surface area contributed by atoms with Crippen LogP contribution in [0, 0.1) is 19.8 Å². The summed E-state index contributed by atoms with van der Waals surface area (Å²) in [4.78, 5) is 18.9. The maximum absolute atomic E-state index is 13.8. The van der Waals surface area contributed by atoms with E-state index in [2.05, 4.69) is 60.1 Å². The second-order valence-electron chi connectivity index (χ2n) is 12.7. The van der Waals surface area contributed by atoms with Gasteiger partial charge in [0.1, 0.15) is 5.65 Å². The molecule has 1 saturated carbocycles. The number of benzene rings is 1. The molecule has 3 aromatic rings. The van der Waals surface area contributed by atoms with Gasteiger partial charge in [0.15, 0.2) is 0 Å². The van der Waals surface area contributed by atoms with E-state index in [0.29, 0.717) is 12.5 Å². The Labute approximate surface area is 255 Å². The maximum atomic E-state index is 13.8. The summed E-state index contributed by atoms with van der Waals surface area (Å²) >= 11 is 6.17. The molecule has 1 amide bonds. The highest BCUT2D eigenvalue weighted by molar-refractivity contribution is 6.31. The third-order valence-electron chi connectivity index (χ3n) is 9.61. The molecule has 0 radical (unpaired) electrons.